The van der Waals surface area contributed by atoms with Gasteiger partial charge < -0.3 is 15.4 Å². The first-order valence-corrected chi connectivity index (χ1v) is 5.34. The minimum atomic E-state index is -0.626. The van der Waals surface area contributed by atoms with Crippen LogP contribution in [0.1, 0.15) is 6.92 Å². The summed E-state index contributed by atoms with van der Waals surface area (Å²) in [4.78, 5) is 15.0. The quantitative estimate of drug-likeness (QED) is 0.753. The molecule has 0 unspecified atom stereocenters. The van der Waals surface area contributed by atoms with Gasteiger partial charge in [-0.05, 0) is 19.1 Å². The molecule has 0 aromatic carbocycles. The second-order valence-electron chi connectivity index (χ2n) is 4.24. The average Bonchev–Trinajstić information content (AvgIpc) is 2.24. The molecule has 1 aliphatic heterocycles. The Morgan fingerprint density at radius 2 is 2.41 bits per heavy atom. The number of nitrogens with one attached hydrogen (secondary N) is 2. The summed E-state index contributed by atoms with van der Waals surface area (Å²) >= 11 is 0. The number of aromatic nitrogens is 1. The van der Waals surface area contributed by atoms with Gasteiger partial charge in [-0.15, -0.1) is 0 Å². The van der Waals surface area contributed by atoms with Gasteiger partial charge in [0.05, 0.1) is 5.60 Å². The third-order valence-corrected chi connectivity index (χ3v) is 2.53. The molecule has 0 spiro atoms. The zero-order valence-electron chi connectivity index (χ0n) is 9.50. The van der Waals surface area contributed by atoms with Crippen LogP contribution in [-0.2, 0) is 9.53 Å². The lowest BCUT2D eigenvalue weighted by Gasteiger charge is -2.38. The van der Waals surface area contributed by atoms with Crippen molar-refractivity contribution in [3.8, 4) is 0 Å². The highest BCUT2D eigenvalue weighted by Gasteiger charge is 2.32. The summed E-state index contributed by atoms with van der Waals surface area (Å²) in [7, 11) is 0. The summed E-state index contributed by atoms with van der Waals surface area (Å²) < 4.78 is 18.2. The topological polar surface area (TPSA) is 63.2 Å². The van der Waals surface area contributed by atoms with Gasteiger partial charge in [-0.1, -0.05) is 6.07 Å². The SMILES string of the molecule is CC1(OCC(=O)Nc2cccc(F)n2)CNC1. The molecule has 92 valence electrons. The van der Waals surface area contributed by atoms with Crippen LogP contribution in [0.25, 0.3) is 0 Å². The van der Waals surface area contributed by atoms with Gasteiger partial charge in [-0.2, -0.15) is 4.39 Å². The second-order valence-corrected chi connectivity index (χ2v) is 4.24. The molecule has 0 radical (unpaired) electrons. The number of anilines is 1. The van der Waals surface area contributed by atoms with E-state index in [4.69, 9.17) is 4.74 Å². The first-order valence-electron chi connectivity index (χ1n) is 5.34. The first kappa shape index (κ1) is 11.9. The molecule has 2 rings (SSSR count). The van der Waals surface area contributed by atoms with Gasteiger partial charge in [0.2, 0.25) is 5.95 Å². The van der Waals surface area contributed by atoms with Crippen molar-refractivity contribution in [1.29, 1.82) is 0 Å². The number of hydrogen-bond donors (Lipinski definition) is 2. The van der Waals surface area contributed by atoms with Crippen LogP contribution in [0.3, 0.4) is 0 Å². The highest BCUT2D eigenvalue weighted by Crippen LogP contribution is 2.14. The van der Waals surface area contributed by atoms with Crippen LogP contribution in [0.2, 0.25) is 0 Å². The van der Waals surface area contributed by atoms with Crippen molar-refractivity contribution in [2.45, 2.75) is 12.5 Å². The molecule has 1 amide bonds. The van der Waals surface area contributed by atoms with Gasteiger partial charge in [-0.3, -0.25) is 4.79 Å². The molecular weight excluding hydrogens is 225 g/mol. The highest BCUT2D eigenvalue weighted by molar-refractivity contribution is 5.90. The van der Waals surface area contributed by atoms with E-state index < -0.39 is 5.95 Å². The standard InChI is InChI=1S/C11H14FN3O2/c1-11(6-13-7-11)17-5-10(16)15-9-4-2-3-8(12)14-9/h2-4,13H,5-7H2,1H3,(H,14,15,16). The maximum absolute atomic E-state index is 12.8. The predicted octanol–water partition coefficient (Wildman–Crippen LogP) is 0.538. The van der Waals surface area contributed by atoms with E-state index in [9.17, 15) is 9.18 Å². The highest BCUT2D eigenvalue weighted by atomic mass is 19.1. The molecule has 1 saturated heterocycles. The number of pyridine rings is 1. The largest absolute Gasteiger partial charge is 0.363 e. The fraction of sp³-hybridized carbons (Fsp3) is 0.455. The summed E-state index contributed by atoms with van der Waals surface area (Å²) in [5, 5.41) is 5.53. The number of ether oxygens (including phenoxy) is 1. The van der Waals surface area contributed by atoms with Gasteiger partial charge in [-0.25, -0.2) is 4.98 Å². The van der Waals surface area contributed by atoms with Crippen molar-refractivity contribution in [1.82, 2.24) is 10.3 Å². The molecular formula is C11H14FN3O2. The molecule has 1 aromatic heterocycles. The van der Waals surface area contributed by atoms with Crippen LogP contribution < -0.4 is 10.6 Å². The Balaban J connectivity index is 1.81. The number of amides is 1. The van der Waals surface area contributed by atoms with Crippen LogP contribution in [0.4, 0.5) is 10.2 Å². The van der Waals surface area contributed by atoms with Crippen molar-refractivity contribution in [3.05, 3.63) is 24.1 Å². The molecule has 0 aliphatic carbocycles. The minimum Gasteiger partial charge on any atom is -0.363 e. The van der Waals surface area contributed by atoms with Crippen LogP contribution >= 0.6 is 0 Å². The Morgan fingerprint density at radius 3 is 3.00 bits per heavy atom. The second kappa shape index (κ2) is 4.77. The van der Waals surface area contributed by atoms with E-state index >= 15 is 0 Å². The summed E-state index contributed by atoms with van der Waals surface area (Å²) in [5.41, 5.74) is -0.271. The summed E-state index contributed by atoms with van der Waals surface area (Å²) in [6, 6.07) is 4.22. The number of nitrogens with zero attached hydrogens (tertiary/aromatic N) is 1. The molecule has 5 nitrogen and oxygen atoms in total. The summed E-state index contributed by atoms with van der Waals surface area (Å²) in [5.74, 6) is -0.773. The van der Waals surface area contributed by atoms with E-state index in [0.29, 0.717) is 0 Å². The maximum atomic E-state index is 12.8. The Hall–Kier alpha value is -1.53. The monoisotopic (exact) mass is 239 g/mol. The van der Waals surface area contributed by atoms with E-state index in [2.05, 4.69) is 15.6 Å². The van der Waals surface area contributed by atoms with E-state index in [1.54, 1.807) is 0 Å². The molecule has 2 heterocycles. The first-order chi connectivity index (χ1) is 8.07. The molecule has 6 heteroatoms. The predicted molar refractivity (Wildman–Crippen MR) is 60.1 cm³/mol. The average molecular weight is 239 g/mol. The number of halogens is 1. The number of rotatable bonds is 4. The molecule has 2 N–H and O–H groups in total. The Bertz CT molecular complexity index is 421. The lowest BCUT2D eigenvalue weighted by Crippen LogP contribution is -2.59. The van der Waals surface area contributed by atoms with Crippen LogP contribution in [-0.4, -0.2) is 36.2 Å². The van der Waals surface area contributed by atoms with Crippen molar-refractivity contribution in [2.24, 2.45) is 0 Å². The molecule has 1 aliphatic rings. The Labute approximate surface area is 98.4 Å². The Kier molecular flexibility index (Phi) is 3.35. The number of carbonyl (C=O) groups excluding carboxylic acids is 1. The van der Waals surface area contributed by atoms with Crippen molar-refractivity contribution in [2.75, 3.05) is 25.0 Å². The molecule has 0 saturated carbocycles. The third-order valence-electron chi connectivity index (χ3n) is 2.53. The fourth-order valence-electron chi connectivity index (χ4n) is 1.48. The molecule has 0 atom stereocenters. The van der Waals surface area contributed by atoms with Crippen LogP contribution in [0.15, 0.2) is 18.2 Å². The van der Waals surface area contributed by atoms with E-state index in [0.717, 1.165) is 13.1 Å². The zero-order valence-corrected chi connectivity index (χ0v) is 9.50. The molecule has 17 heavy (non-hydrogen) atoms. The van der Waals surface area contributed by atoms with E-state index in [-0.39, 0.29) is 23.9 Å². The van der Waals surface area contributed by atoms with E-state index in [1.807, 2.05) is 6.92 Å². The smallest absolute Gasteiger partial charge is 0.251 e. The van der Waals surface area contributed by atoms with E-state index in [1.165, 1.54) is 18.2 Å². The third kappa shape index (κ3) is 3.21. The number of carbonyl (C=O) groups is 1. The number of hydrogen-bond acceptors (Lipinski definition) is 4. The summed E-state index contributed by atoms with van der Waals surface area (Å²) in [6.07, 6.45) is 0. The van der Waals surface area contributed by atoms with Gasteiger partial charge in [0.1, 0.15) is 12.4 Å². The maximum Gasteiger partial charge on any atom is 0.251 e. The lowest BCUT2D eigenvalue weighted by molar-refractivity contribution is -0.130. The minimum absolute atomic E-state index is 0.0592. The van der Waals surface area contributed by atoms with Crippen molar-refractivity contribution in [3.63, 3.8) is 0 Å². The molecule has 1 fully saturated rings. The summed E-state index contributed by atoms with van der Waals surface area (Å²) in [6.45, 7) is 3.34. The van der Waals surface area contributed by atoms with Gasteiger partial charge >= 0.3 is 0 Å². The zero-order chi connectivity index (χ0) is 12.3. The van der Waals surface area contributed by atoms with Crippen LogP contribution in [0, 0.1) is 5.95 Å². The van der Waals surface area contributed by atoms with Crippen molar-refractivity contribution >= 4 is 11.7 Å². The van der Waals surface area contributed by atoms with Crippen molar-refractivity contribution < 1.29 is 13.9 Å². The van der Waals surface area contributed by atoms with Gasteiger partial charge in [0.25, 0.3) is 5.91 Å². The normalized spacial score (nSPS) is 17.3. The van der Waals surface area contributed by atoms with Crippen LogP contribution in [0.5, 0.6) is 0 Å². The molecule has 1 aromatic rings. The lowest BCUT2D eigenvalue weighted by atomic mass is 10.0. The Morgan fingerprint density at radius 1 is 1.65 bits per heavy atom. The van der Waals surface area contributed by atoms with Gasteiger partial charge in [0, 0.05) is 13.1 Å². The molecule has 0 bridgehead atoms. The van der Waals surface area contributed by atoms with Gasteiger partial charge in [0.15, 0.2) is 0 Å². The fourth-order valence-corrected chi connectivity index (χ4v) is 1.48.